The zero-order valence-electron chi connectivity index (χ0n) is 10.8. The zero-order valence-corrected chi connectivity index (χ0v) is 11.5. The van der Waals surface area contributed by atoms with Gasteiger partial charge in [-0.2, -0.15) is 0 Å². The normalized spacial score (nSPS) is 13.7. The highest BCUT2D eigenvalue weighted by atomic mass is 35.5. The number of fused-ring (bicyclic) bond motifs is 1. The number of anilines is 2. The number of halogens is 1. The van der Waals surface area contributed by atoms with E-state index in [2.05, 4.69) is 5.32 Å². The van der Waals surface area contributed by atoms with Gasteiger partial charge in [-0.05, 0) is 12.1 Å². The molecule has 0 fully saturated rings. The van der Waals surface area contributed by atoms with Crippen LogP contribution in [-0.4, -0.2) is 23.3 Å². The second-order valence-corrected chi connectivity index (χ2v) is 4.91. The molecule has 0 unspecified atom stereocenters. The Morgan fingerprint density at radius 3 is 2.67 bits per heavy atom. The van der Waals surface area contributed by atoms with Crippen LogP contribution < -0.4 is 20.9 Å². The van der Waals surface area contributed by atoms with E-state index in [0.29, 0.717) is 15.6 Å². The van der Waals surface area contributed by atoms with Crippen LogP contribution in [-0.2, 0) is 6.54 Å². The van der Waals surface area contributed by atoms with Crippen molar-refractivity contribution in [1.82, 2.24) is 5.06 Å². The number of ether oxygens (including phenoxy) is 1. The molecule has 2 N–H and O–H groups in total. The molecule has 0 saturated carbocycles. The highest BCUT2D eigenvalue weighted by molar-refractivity contribution is 6.32. The number of nitrogens with one attached hydrogen (secondary N) is 1. The van der Waals surface area contributed by atoms with Gasteiger partial charge < -0.3 is 10.1 Å². The van der Waals surface area contributed by atoms with E-state index in [9.17, 15) is 19.6 Å². The van der Waals surface area contributed by atoms with Crippen LogP contribution in [0.2, 0.25) is 5.02 Å². The largest absolute Gasteiger partial charge is 0.491 e. The van der Waals surface area contributed by atoms with Crippen molar-refractivity contribution in [1.29, 1.82) is 0 Å². The Hall–Kier alpha value is -2.38. The predicted molar refractivity (Wildman–Crippen MR) is 74.3 cm³/mol. The van der Waals surface area contributed by atoms with Crippen LogP contribution in [0, 0.1) is 0 Å². The Morgan fingerprint density at radius 2 is 2.00 bits per heavy atom. The van der Waals surface area contributed by atoms with Crippen LogP contribution in [0.5, 0.6) is 5.75 Å². The molecule has 2 aromatic rings. The van der Waals surface area contributed by atoms with Gasteiger partial charge in [-0.25, -0.2) is 5.06 Å². The van der Waals surface area contributed by atoms with E-state index in [1.54, 1.807) is 0 Å². The summed E-state index contributed by atoms with van der Waals surface area (Å²) in [5.41, 5.74) is -0.563. The molecule has 0 radical (unpaired) electrons. The molecule has 7 nitrogen and oxygen atoms in total. The summed E-state index contributed by atoms with van der Waals surface area (Å²) in [5, 5.41) is 13.1. The molecule has 1 aliphatic heterocycles. The van der Waals surface area contributed by atoms with E-state index in [1.807, 2.05) is 0 Å². The lowest BCUT2D eigenvalue weighted by atomic mass is 10.1. The Balaban J connectivity index is 2.08. The van der Waals surface area contributed by atoms with Gasteiger partial charge in [0, 0.05) is 10.6 Å². The SMILES string of the molecule is COc1c(Nc2ccc(Cl)c3c2C(=O)N(O)C3)c(=O)c1=O. The third kappa shape index (κ3) is 1.82. The fourth-order valence-corrected chi connectivity index (χ4v) is 2.51. The predicted octanol–water partition coefficient (Wildman–Crippen LogP) is 1.03. The third-order valence-corrected chi connectivity index (χ3v) is 3.70. The summed E-state index contributed by atoms with van der Waals surface area (Å²) in [6.45, 7) is -0.0361. The molecular weight excluding hydrogens is 300 g/mol. The number of hydrogen-bond acceptors (Lipinski definition) is 6. The number of carbonyl (C=O) groups is 1. The molecule has 8 heteroatoms. The van der Waals surface area contributed by atoms with E-state index in [1.165, 1.54) is 19.2 Å². The van der Waals surface area contributed by atoms with Crippen LogP contribution >= 0.6 is 11.6 Å². The van der Waals surface area contributed by atoms with Gasteiger partial charge in [-0.3, -0.25) is 19.6 Å². The van der Waals surface area contributed by atoms with Crippen molar-refractivity contribution in [3.8, 4) is 5.75 Å². The molecule has 1 amide bonds. The maximum Gasteiger partial charge on any atom is 0.280 e. The van der Waals surface area contributed by atoms with E-state index in [0.717, 1.165) is 0 Å². The van der Waals surface area contributed by atoms with Crippen molar-refractivity contribution in [2.45, 2.75) is 6.54 Å². The van der Waals surface area contributed by atoms with Crippen LogP contribution in [0.15, 0.2) is 21.7 Å². The van der Waals surface area contributed by atoms with Crippen molar-refractivity contribution in [3.05, 3.63) is 48.7 Å². The summed E-state index contributed by atoms with van der Waals surface area (Å²) in [6.07, 6.45) is 0. The maximum atomic E-state index is 11.9. The molecule has 0 spiro atoms. The number of benzene rings is 1. The van der Waals surface area contributed by atoms with E-state index in [-0.39, 0.29) is 29.2 Å². The van der Waals surface area contributed by atoms with Gasteiger partial charge in [0.15, 0.2) is 5.75 Å². The maximum absolute atomic E-state index is 11.9. The zero-order chi connectivity index (χ0) is 15.3. The number of amides is 1. The molecular formula is C13H9ClN2O5. The monoisotopic (exact) mass is 308 g/mol. The van der Waals surface area contributed by atoms with Crippen molar-refractivity contribution in [3.63, 3.8) is 0 Å². The van der Waals surface area contributed by atoms with Crippen molar-refractivity contribution < 1.29 is 14.7 Å². The molecule has 2 aromatic carbocycles. The Morgan fingerprint density at radius 1 is 1.29 bits per heavy atom. The molecule has 1 heterocycles. The average Bonchev–Trinajstić information content (AvgIpc) is 2.78. The van der Waals surface area contributed by atoms with Crippen LogP contribution in [0.1, 0.15) is 15.9 Å². The van der Waals surface area contributed by atoms with Gasteiger partial charge in [-0.15, -0.1) is 0 Å². The Bertz CT molecular complexity index is 838. The summed E-state index contributed by atoms with van der Waals surface area (Å²) in [4.78, 5) is 34.7. The molecule has 0 aromatic heterocycles. The first kappa shape index (κ1) is 13.6. The summed E-state index contributed by atoms with van der Waals surface area (Å²) in [6, 6.07) is 3.03. The second kappa shape index (κ2) is 4.57. The van der Waals surface area contributed by atoms with E-state index >= 15 is 0 Å². The average molecular weight is 309 g/mol. The van der Waals surface area contributed by atoms with Crippen molar-refractivity contribution >= 4 is 28.9 Å². The minimum absolute atomic E-state index is 0.0174. The number of hydrogen-bond donors (Lipinski definition) is 2. The first-order valence-electron chi connectivity index (χ1n) is 5.92. The molecule has 21 heavy (non-hydrogen) atoms. The lowest BCUT2D eigenvalue weighted by molar-refractivity contribution is -0.0578. The molecule has 3 rings (SSSR count). The van der Waals surface area contributed by atoms with Crippen LogP contribution in [0.3, 0.4) is 0 Å². The minimum atomic E-state index is -0.722. The second-order valence-electron chi connectivity index (χ2n) is 4.50. The van der Waals surface area contributed by atoms with Gasteiger partial charge in [0.2, 0.25) is 0 Å². The standard InChI is InChI=1S/C13H9ClN2O5/c1-21-12-9(10(17)11(12)18)15-7-3-2-6(14)5-4-16(20)13(19)8(5)7/h2-3,15,20H,4H2,1H3. The third-order valence-electron chi connectivity index (χ3n) is 3.34. The quantitative estimate of drug-likeness (QED) is 0.649. The highest BCUT2D eigenvalue weighted by Crippen LogP contribution is 2.35. The van der Waals surface area contributed by atoms with Crippen molar-refractivity contribution in [2.24, 2.45) is 0 Å². The van der Waals surface area contributed by atoms with Crippen LogP contribution in [0.4, 0.5) is 11.4 Å². The smallest absolute Gasteiger partial charge is 0.280 e. The molecule has 0 atom stereocenters. The number of methoxy groups -OCH3 is 1. The Labute approximate surface area is 123 Å². The minimum Gasteiger partial charge on any atom is -0.491 e. The fourth-order valence-electron chi connectivity index (χ4n) is 2.29. The number of nitrogens with zero attached hydrogens (tertiary/aromatic N) is 1. The van der Waals surface area contributed by atoms with Gasteiger partial charge in [0.1, 0.15) is 5.69 Å². The molecule has 0 bridgehead atoms. The Kier molecular flexibility index (Phi) is 2.96. The first-order chi connectivity index (χ1) is 9.95. The lowest BCUT2D eigenvalue weighted by Gasteiger charge is -2.14. The highest BCUT2D eigenvalue weighted by Gasteiger charge is 2.32. The topological polar surface area (TPSA) is 95.9 Å². The number of hydroxylamine groups is 2. The van der Waals surface area contributed by atoms with Crippen molar-refractivity contribution in [2.75, 3.05) is 12.4 Å². The lowest BCUT2D eigenvalue weighted by Crippen LogP contribution is -2.34. The molecule has 1 aliphatic rings. The van der Waals surface area contributed by atoms with Gasteiger partial charge >= 0.3 is 0 Å². The fraction of sp³-hybridized carbons (Fsp3) is 0.154. The number of rotatable bonds is 3. The summed E-state index contributed by atoms with van der Waals surface area (Å²) >= 11 is 5.99. The number of carbonyl (C=O) groups excluding carboxylic acids is 1. The van der Waals surface area contributed by atoms with E-state index < -0.39 is 16.8 Å². The van der Waals surface area contributed by atoms with Crippen LogP contribution in [0.25, 0.3) is 0 Å². The summed E-state index contributed by atoms with van der Waals surface area (Å²) in [5.74, 6) is -0.720. The summed E-state index contributed by atoms with van der Waals surface area (Å²) < 4.78 is 4.82. The van der Waals surface area contributed by atoms with Gasteiger partial charge in [0.05, 0.1) is 24.9 Å². The van der Waals surface area contributed by atoms with Gasteiger partial charge in [0.25, 0.3) is 16.8 Å². The molecule has 0 aliphatic carbocycles. The van der Waals surface area contributed by atoms with E-state index in [4.69, 9.17) is 16.3 Å². The first-order valence-corrected chi connectivity index (χ1v) is 6.30. The molecule has 108 valence electrons. The molecule has 0 saturated heterocycles. The summed E-state index contributed by atoms with van der Waals surface area (Å²) in [7, 11) is 1.27. The van der Waals surface area contributed by atoms with Gasteiger partial charge in [-0.1, -0.05) is 11.6 Å².